The third-order valence-electron chi connectivity index (χ3n) is 2.38. The van der Waals surface area contributed by atoms with Crippen LogP contribution < -0.4 is 9.47 Å². The van der Waals surface area contributed by atoms with Gasteiger partial charge in [0.15, 0.2) is 25.1 Å². The fraction of sp³-hybridized carbons (Fsp3) is 0.571. The van der Waals surface area contributed by atoms with Gasteiger partial charge in [-0.1, -0.05) is 23.2 Å². The average molecular weight is 354 g/mol. The summed E-state index contributed by atoms with van der Waals surface area (Å²) in [5.74, 6) is 0.528. The van der Waals surface area contributed by atoms with E-state index in [1.807, 2.05) is 0 Å². The second-order valence-corrected chi connectivity index (χ2v) is 4.72. The van der Waals surface area contributed by atoms with Gasteiger partial charge in [0.05, 0.1) is 36.5 Å². The van der Waals surface area contributed by atoms with Crippen molar-refractivity contribution in [1.29, 1.82) is 0 Å². The SMILES string of the molecule is COCCOCOc1c(Cl)[c]cc(Cl)c1OCOCCOC. The van der Waals surface area contributed by atoms with E-state index >= 15 is 0 Å². The van der Waals surface area contributed by atoms with Crippen molar-refractivity contribution in [3.05, 3.63) is 22.2 Å². The Kier molecular flexibility index (Phi) is 10.3. The van der Waals surface area contributed by atoms with Gasteiger partial charge in [-0.25, -0.2) is 0 Å². The first kappa shape index (κ1) is 19.3. The van der Waals surface area contributed by atoms with Crippen LogP contribution in [0.5, 0.6) is 11.5 Å². The van der Waals surface area contributed by atoms with Gasteiger partial charge in [0, 0.05) is 20.3 Å². The van der Waals surface area contributed by atoms with E-state index in [1.165, 1.54) is 6.07 Å². The number of benzene rings is 1. The first-order chi connectivity index (χ1) is 10.7. The highest BCUT2D eigenvalue weighted by Crippen LogP contribution is 2.40. The molecule has 0 N–H and O–H groups in total. The van der Waals surface area contributed by atoms with E-state index in [4.69, 9.17) is 51.6 Å². The molecule has 6 nitrogen and oxygen atoms in total. The molecule has 1 aromatic rings. The normalized spacial score (nSPS) is 10.7. The molecule has 0 aliphatic carbocycles. The van der Waals surface area contributed by atoms with Crippen LogP contribution in [0, 0.1) is 6.07 Å². The number of hydrogen-bond donors (Lipinski definition) is 0. The van der Waals surface area contributed by atoms with Gasteiger partial charge in [0.25, 0.3) is 0 Å². The van der Waals surface area contributed by atoms with Crippen molar-refractivity contribution in [2.24, 2.45) is 0 Å². The quantitative estimate of drug-likeness (QED) is 0.425. The molecule has 0 aliphatic rings. The molecular weight excluding hydrogens is 335 g/mol. The molecule has 1 aromatic carbocycles. The van der Waals surface area contributed by atoms with Crippen molar-refractivity contribution in [3.8, 4) is 11.5 Å². The highest BCUT2D eigenvalue weighted by molar-refractivity contribution is 6.35. The summed E-state index contributed by atoms with van der Waals surface area (Å²) in [5, 5.41) is 0.554. The highest BCUT2D eigenvalue weighted by Gasteiger charge is 2.15. The van der Waals surface area contributed by atoms with Crippen LogP contribution in [-0.2, 0) is 18.9 Å². The Morgan fingerprint density at radius 3 is 1.95 bits per heavy atom. The molecule has 8 heteroatoms. The summed E-state index contributed by atoms with van der Waals surface area (Å²) in [6.45, 7) is 1.71. The zero-order valence-corrected chi connectivity index (χ0v) is 14.0. The molecule has 0 fully saturated rings. The van der Waals surface area contributed by atoms with E-state index in [9.17, 15) is 0 Å². The summed E-state index contributed by atoms with van der Waals surface area (Å²) in [6, 6.07) is 4.25. The maximum atomic E-state index is 6.07. The zero-order chi connectivity index (χ0) is 16.2. The van der Waals surface area contributed by atoms with Crippen molar-refractivity contribution < 1.29 is 28.4 Å². The number of hydrogen-bond acceptors (Lipinski definition) is 6. The Bertz CT molecular complexity index is 391. The topological polar surface area (TPSA) is 55.4 Å². The molecule has 0 aromatic heterocycles. The first-order valence-corrected chi connectivity index (χ1v) is 7.25. The van der Waals surface area contributed by atoms with Gasteiger partial charge in [-0.2, -0.15) is 0 Å². The van der Waals surface area contributed by atoms with Gasteiger partial charge in [-0.3, -0.25) is 0 Å². The maximum absolute atomic E-state index is 6.07. The lowest BCUT2D eigenvalue weighted by Crippen LogP contribution is -2.11. The monoisotopic (exact) mass is 353 g/mol. The number of ether oxygens (including phenoxy) is 6. The molecule has 0 saturated heterocycles. The highest BCUT2D eigenvalue weighted by atomic mass is 35.5. The van der Waals surface area contributed by atoms with Crippen LogP contribution >= 0.6 is 23.2 Å². The summed E-state index contributed by atoms with van der Waals surface area (Å²) in [6.07, 6.45) is 0. The molecule has 1 radical (unpaired) electrons. The van der Waals surface area contributed by atoms with Gasteiger partial charge in [-0.05, 0) is 6.07 Å². The predicted octanol–water partition coefficient (Wildman–Crippen LogP) is 2.79. The third kappa shape index (κ3) is 7.00. The third-order valence-corrected chi connectivity index (χ3v) is 2.95. The Morgan fingerprint density at radius 2 is 1.41 bits per heavy atom. The van der Waals surface area contributed by atoms with Gasteiger partial charge in [0.2, 0.25) is 0 Å². The molecule has 0 unspecified atom stereocenters. The molecule has 0 aliphatic heterocycles. The average Bonchev–Trinajstić information content (AvgIpc) is 2.52. The second kappa shape index (κ2) is 11.8. The Hall–Kier alpha value is -0.760. The Balaban J connectivity index is 2.55. The fourth-order valence-corrected chi connectivity index (χ4v) is 1.72. The van der Waals surface area contributed by atoms with Gasteiger partial charge in [0.1, 0.15) is 0 Å². The number of methoxy groups -OCH3 is 2. The summed E-state index contributed by atoms with van der Waals surface area (Å²) in [4.78, 5) is 0. The molecular formula is C14H19Cl2O6. The van der Waals surface area contributed by atoms with Crippen molar-refractivity contribution in [1.82, 2.24) is 0 Å². The molecule has 0 saturated carbocycles. The van der Waals surface area contributed by atoms with Crippen LogP contribution in [0.25, 0.3) is 0 Å². The number of halogens is 2. The molecule has 0 spiro atoms. The predicted molar refractivity (Wildman–Crippen MR) is 81.9 cm³/mol. The molecule has 1 rings (SSSR count). The van der Waals surface area contributed by atoms with Crippen LogP contribution in [0.2, 0.25) is 10.0 Å². The van der Waals surface area contributed by atoms with Crippen LogP contribution in [0.3, 0.4) is 0 Å². The van der Waals surface area contributed by atoms with Gasteiger partial charge >= 0.3 is 0 Å². The van der Waals surface area contributed by atoms with Crippen molar-refractivity contribution >= 4 is 23.2 Å². The van der Waals surface area contributed by atoms with Crippen molar-refractivity contribution in [3.63, 3.8) is 0 Å². The molecule has 0 atom stereocenters. The summed E-state index contributed by atoms with van der Waals surface area (Å²) in [7, 11) is 3.17. The van der Waals surface area contributed by atoms with Crippen LogP contribution in [0.4, 0.5) is 0 Å². The van der Waals surface area contributed by atoms with E-state index in [-0.39, 0.29) is 30.1 Å². The molecule has 22 heavy (non-hydrogen) atoms. The number of rotatable bonds is 12. The first-order valence-electron chi connectivity index (χ1n) is 6.49. The van der Waals surface area contributed by atoms with Crippen LogP contribution in [0.15, 0.2) is 6.07 Å². The van der Waals surface area contributed by atoms with Gasteiger partial charge in [-0.15, -0.1) is 0 Å². The Labute approximate surface area is 140 Å². The summed E-state index contributed by atoms with van der Waals surface area (Å²) >= 11 is 12.1. The molecule has 0 bridgehead atoms. The minimum atomic E-state index is -0.0157. The van der Waals surface area contributed by atoms with Crippen LogP contribution in [0.1, 0.15) is 0 Å². The van der Waals surface area contributed by atoms with E-state index < -0.39 is 0 Å². The lowest BCUT2D eigenvalue weighted by Gasteiger charge is -2.15. The maximum Gasteiger partial charge on any atom is 0.189 e. The second-order valence-electron chi connectivity index (χ2n) is 3.94. The minimum absolute atomic E-state index is 0.00961. The van der Waals surface area contributed by atoms with E-state index in [0.717, 1.165) is 0 Å². The summed E-state index contributed by atoms with van der Waals surface area (Å²) in [5.41, 5.74) is 0. The van der Waals surface area contributed by atoms with E-state index in [1.54, 1.807) is 14.2 Å². The molecule has 0 amide bonds. The van der Waals surface area contributed by atoms with E-state index in [0.29, 0.717) is 31.5 Å². The minimum Gasteiger partial charge on any atom is -0.462 e. The van der Waals surface area contributed by atoms with Crippen molar-refractivity contribution in [2.75, 3.05) is 54.2 Å². The molecule has 0 heterocycles. The van der Waals surface area contributed by atoms with Crippen molar-refractivity contribution in [2.45, 2.75) is 0 Å². The van der Waals surface area contributed by atoms with Gasteiger partial charge < -0.3 is 28.4 Å². The van der Waals surface area contributed by atoms with E-state index in [2.05, 4.69) is 6.07 Å². The zero-order valence-electron chi connectivity index (χ0n) is 12.5. The lowest BCUT2D eigenvalue weighted by atomic mass is 10.3. The molecule has 125 valence electrons. The smallest absolute Gasteiger partial charge is 0.189 e. The summed E-state index contributed by atoms with van der Waals surface area (Å²) < 4.78 is 31.1. The lowest BCUT2D eigenvalue weighted by molar-refractivity contribution is -0.0206. The standard InChI is InChI=1S/C14H19Cl2O6/c1-17-5-7-19-9-21-13-11(15)3-4-12(16)14(13)22-10-20-8-6-18-2/h3H,5-10H2,1-2H3. The largest absolute Gasteiger partial charge is 0.462 e. The fourth-order valence-electron chi connectivity index (χ4n) is 1.33. The Morgan fingerprint density at radius 1 is 0.864 bits per heavy atom. The van der Waals surface area contributed by atoms with Crippen LogP contribution in [-0.4, -0.2) is 54.2 Å².